The molecule has 2 aromatic carbocycles. The molecule has 1 N–H and O–H groups in total. The first kappa shape index (κ1) is 18.6. The minimum absolute atomic E-state index is 0.0597. The second-order valence-corrected chi connectivity index (χ2v) is 6.28. The van der Waals surface area contributed by atoms with E-state index in [0.717, 1.165) is 0 Å². The van der Waals surface area contributed by atoms with Gasteiger partial charge in [-0.15, -0.1) is 0 Å². The normalized spacial score (nSPS) is 12.3. The lowest BCUT2D eigenvalue weighted by molar-refractivity contribution is -0.112. The molecule has 0 saturated heterocycles. The number of benzene rings is 2. The second kappa shape index (κ2) is 8.01. The van der Waals surface area contributed by atoms with Crippen molar-refractivity contribution in [1.82, 2.24) is 0 Å². The predicted molar refractivity (Wildman–Crippen MR) is 102 cm³/mol. The molecule has 0 aliphatic carbocycles. The summed E-state index contributed by atoms with van der Waals surface area (Å²) >= 11 is 3.39. The molecule has 27 heavy (non-hydrogen) atoms. The first-order chi connectivity index (χ1) is 13.0. The maximum Gasteiger partial charge on any atom is 0.266 e. The van der Waals surface area contributed by atoms with E-state index in [1.54, 1.807) is 30.3 Å². The lowest BCUT2D eigenvalue weighted by atomic mass is 10.1. The number of ether oxygens (including phenoxy) is 4. The maximum atomic E-state index is 12.5. The van der Waals surface area contributed by atoms with Gasteiger partial charge in [-0.1, -0.05) is 0 Å². The summed E-state index contributed by atoms with van der Waals surface area (Å²) in [5, 5.41) is 12.1. The number of carbonyl (C=O) groups excluding carboxylic acids is 1. The van der Waals surface area contributed by atoms with Crippen LogP contribution in [0.15, 0.2) is 40.4 Å². The molecule has 1 heterocycles. The molecule has 0 spiro atoms. The molecular weight excluding hydrogens is 416 g/mol. The number of hydrogen-bond donors (Lipinski definition) is 1. The summed E-state index contributed by atoms with van der Waals surface area (Å²) in [7, 11) is 3.03. The average molecular weight is 431 g/mol. The Morgan fingerprint density at radius 1 is 1.22 bits per heavy atom. The number of carbonyl (C=O) groups is 1. The quantitative estimate of drug-likeness (QED) is 0.573. The number of rotatable bonds is 5. The number of fused-ring (bicyclic) bond motifs is 1. The summed E-state index contributed by atoms with van der Waals surface area (Å²) in [4.78, 5) is 12.5. The van der Waals surface area contributed by atoms with Gasteiger partial charge in [0, 0.05) is 11.8 Å². The lowest BCUT2D eigenvalue weighted by Gasteiger charge is -2.10. The molecule has 2 aromatic rings. The Labute approximate surface area is 164 Å². The highest BCUT2D eigenvalue weighted by Crippen LogP contribution is 2.40. The number of nitriles is 1. The van der Waals surface area contributed by atoms with Gasteiger partial charge >= 0.3 is 0 Å². The largest absolute Gasteiger partial charge is 0.493 e. The fourth-order valence-electron chi connectivity index (χ4n) is 2.50. The Hall–Kier alpha value is -3.18. The number of amides is 1. The maximum absolute atomic E-state index is 12.5. The summed E-state index contributed by atoms with van der Waals surface area (Å²) in [6.07, 6.45) is 1.48. The first-order valence-electron chi connectivity index (χ1n) is 7.80. The molecule has 0 atom stereocenters. The number of methoxy groups -OCH3 is 2. The van der Waals surface area contributed by atoms with Crippen molar-refractivity contribution in [2.24, 2.45) is 0 Å². The molecule has 138 valence electrons. The highest BCUT2D eigenvalue weighted by Gasteiger charge is 2.18. The average Bonchev–Trinajstić information content (AvgIpc) is 3.15. The highest BCUT2D eigenvalue weighted by atomic mass is 79.9. The van der Waals surface area contributed by atoms with Crippen molar-refractivity contribution in [2.75, 3.05) is 26.3 Å². The van der Waals surface area contributed by atoms with Crippen LogP contribution in [0, 0.1) is 11.3 Å². The Balaban J connectivity index is 1.84. The molecule has 3 rings (SSSR count). The van der Waals surface area contributed by atoms with Gasteiger partial charge in [0.2, 0.25) is 6.79 Å². The number of anilines is 1. The van der Waals surface area contributed by atoms with Crippen molar-refractivity contribution < 1.29 is 23.7 Å². The third-order valence-corrected chi connectivity index (χ3v) is 4.36. The predicted octanol–water partition coefficient (Wildman–Crippen LogP) is 3.74. The van der Waals surface area contributed by atoms with Gasteiger partial charge in [-0.05, 0) is 51.8 Å². The monoisotopic (exact) mass is 430 g/mol. The summed E-state index contributed by atoms with van der Waals surface area (Å²) < 4.78 is 21.7. The van der Waals surface area contributed by atoms with Crippen molar-refractivity contribution in [3.05, 3.63) is 45.9 Å². The molecule has 8 heteroatoms. The van der Waals surface area contributed by atoms with E-state index in [4.69, 9.17) is 18.9 Å². The van der Waals surface area contributed by atoms with E-state index in [2.05, 4.69) is 21.2 Å². The molecule has 0 fully saturated rings. The van der Waals surface area contributed by atoms with Crippen molar-refractivity contribution in [1.29, 1.82) is 5.26 Å². The summed E-state index contributed by atoms with van der Waals surface area (Å²) in [6, 6.07) is 10.3. The summed E-state index contributed by atoms with van der Waals surface area (Å²) in [5.41, 5.74) is 1.05. The van der Waals surface area contributed by atoms with E-state index < -0.39 is 5.91 Å². The van der Waals surface area contributed by atoms with E-state index in [1.165, 1.54) is 20.3 Å². The summed E-state index contributed by atoms with van der Waals surface area (Å²) in [6.45, 7) is 0.131. The van der Waals surface area contributed by atoms with E-state index in [-0.39, 0.29) is 12.4 Å². The van der Waals surface area contributed by atoms with Crippen molar-refractivity contribution in [2.45, 2.75) is 0 Å². The molecule has 0 aromatic heterocycles. The zero-order valence-corrected chi connectivity index (χ0v) is 16.1. The van der Waals surface area contributed by atoms with Crippen molar-refractivity contribution in [3.8, 4) is 29.1 Å². The molecule has 0 radical (unpaired) electrons. The van der Waals surface area contributed by atoms with Crippen LogP contribution in [0.3, 0.4) is 0 Å². The zero-order chi connectivity index (χ0) is 19.4. The highest BCUT2D eigenvalue weighted by molar-refractivity contribution is 9.10. The zero-order valence-electron chi connectivity index (χ0n) is 14.5. The number of hydrogen-bond acceptors (Lipinski definition) is 6. The van der Waals surface area contributed by atoms with E-state index in [9.17, 15) is 10.1 Å². The molecule has 7 nitrogen and oxygen atoms in total. The van der Waals surface area contributed by atoms with Crippen LogP contribution >= 0.6 is 15.9 Å². The van der Waals surface area contributed by atoms with Gasteiger partial charge in [-0.2, -0.15) is 5.26 Å². The van der Waals surface area contributed by atoms with E-state index in [0.29, 0.717) is 38.7 Å². The molecule has 0 bridgehead atoms. The van der Waals surface area contributed by atoms with E-state index >= 15 is 0 Å². The standard InChI is InChI=1S/C19H15BrN2O5/c1-24-15-4-3-13(8-16(15)25-2)22-19(23)12(9-21)5-11-6-14(20)18-17(7-11)26-10-27-18/h3-8H,10H2,1-2H3,(H,22,23)/b12-5+. The van der Waals surface area contributed by atoms with Gasteiger partial charge in [0.25, 0.3) is 5.91 Å². The van der Waals surface area contributed by atoms with Crippen LogP contribution in [-0.2, 0) is 4.79 Å². The van der Waals surface area contributed by atoms with Crippen LogP contribution in [0.5, 0.6) is 23.0 Å². The minimum atomic E-state index is -0.543. The number of nitrogens with one attached hydrogen (secondary N) is 1. The lowest BCUT2D eigenvalue weighted by Crippen LogP contribution is -2.13. The van der Waals surface area contributed by atoms with Gasteiger partial charge in [0.1, 0.15) is 11.6 Å². The van der Waals surface area contributed by atoms with Crippen LogP contribution in [-0.4, -0.2) is 26.9 Å². The Morgan fingerprint density at radius 3 is 2.70 bits per heavy atom. The second-order valence-electron chi connectivity index (χ2n) is 5.43. The Kier molecular flexibility index (Phi) is 5.52. The smallest absolute Gasteiger partial charge is 0.266 e. The SMILES string of the molecule is COc1ccc(NC(=O)/C(C#N)=C/c2cc(Br)c3c(c2)OCO3)cc1OC. The van der Waals surface area contributed by atoms with Gasteiger partial charge in [-0.25, -0.2) is 0 Å². The Morgan fingerprint density at radius 2 is 2.00 bits per heavy atom. The first-order valence-corrected chi connectivity index (χ1v) is 8.59. The van der Waals surface area contributed by atoms with Crippen LogP contribution in [0.2, 0.25) is 0 Å². The van der Waals surface area contributed by atoms with Gasteiger partial charge < -0.3 is 24.3 Å². The van der Waals surface area contributed by atoms with Crippen LogP contribution in [0.1, 0.15) is 5.56 Å². The number of nitrogens with zero attached hydrogens (tertiary/aromatic N) is 1. The van der Waals surface area contributed by atoms with Crippen molar-refractivity contribution >= 4 is 33.6 Å². The molecule has 0 saturated carbocycles. The molecule has 0 unspecified atom stereocenters. The molecule has 1 aliphatic rings. The summed E-state index contributed by atoms with van der Waals surface area (Å²) in [5.74, 6) is 1.61. The third kappa shape index (κ3) is 3.99. The van der Waals surface area contributed by atoms with E-state index in [1.807, 2.05) is 6.07 Å². The fraction of sp³-hybridized carbons (Fsp3) is 0.158. The number of halogens is 1. The van der Waals surface area contributed by atoms with Gasteiger partial charge in [0.05, 0.1) is 18.7 Å². The Bertz CT molecular complexity index is 965. The van der Waals surface area contributed by atoms with Gasteiger partial charge in [0.15, 0.2) is 23.0 Å². The van der Waals surface area contributed by atoms with Crippen molar-refractivity contribution in [3.63, 3.8) is 0 Å². The molecule has 1 amide bonds. The van der Waals surface area contributed by atoms with Gasteiger partial charge in [-0.3, -0.25) is 4.79 Å². The topological polar surface area (TPSA) is 89.8 Å². The third-order valence-electron chi connectivity index (χ3n) is 3.77. The van der Waals surface area contributed by atoms with Crippen LogP contribution in [0.25, 0.3) is 6.08 Å². The molecule has 1 aliphatic heterocycles. The molecular formula is C19H15BrN2O5. The van der Waals surface area contributed by atoms with Crippen LogP contribution < -0.4 is 24.3 Å². The fourth-order valence-corrected chi connectivity index (χ4v) is 3.07. The minimum Gasteiger partial charge on any atom is -0.493 e. The van der Waals surface area contributed by atoms with Crippen LogP contribution in [0.4, 0.5) is 5.69 Å².